The summed E-state index contributed by atoms with van der Waals surface area (Å²) in [5.74, 6) is 0.330. The van der Waals surface area contributed by atoms with Crippen LogP contribution in [-0.2, 0) is 0 Å². The fourth-order valence-electron chi connectivity index (χ4n) is 3.52. The normalized spacial score (nSPS) is 19.8. The Bertz CT molecular complexity index is 714. The highest BCUT2D eigenvalue weighted by molar-refractivity contribution is 7.09. The highest BCUT2D eigenvalue weighted by atomic mass is 32.1. The second-order valence-electron chi connectivity index (χ2n) is 6.74. The Hall–Kier alpha value is -1.77. The van der Waals surface area contributed by atoms with Crippen molar-refractivity contribution in [2.24, 2.45) is 0 Å². The van der Waals surface area contributed by atoms with Crippen LogP contribution in [0.15, 0.2) is 17.8 Å². The van der Waals surface area contributed by atoms with Gasteiger partial charge in [0.05, 0.1) is 22.9 Å². The summed E-state index contributed by atoms with van der Waals surface area (Å²) >= 11 is 1.60. The average Bonchev–Trinajstić information content (AvgIpc) is 3.33. The van der Waals surface area contributed by atoms with Crippen LogP contribution in [-0.4, -0.2) is 46.9 Å². The summed E-state index contributed by atoms with van der Waals surface area (Å²) in [5.41, 5.74) is 1.24. The average molecular weight is 360 g/mol. The summed E-state index contributed by atoms with van der Waals surface area (Å²) in [6, 6.07) is 0.415. The van der Waals surface area contributed by atoms with E-state index < -0.39 is 0 Å². The van der Waals surface area contributed by atoms with Gasteiger partial charge < -0.3 is 16.0 Å². The Morgan fingerprint density at radius 3 is 2.64 bits per heavy atom. The molecule has 0 spiro atoms. The molecule has 0 aromatic carbocycles. The molecule has 1 amide bonds. The predicted octanol–water partition coefficient (Wildman–Crippen LogP) is 1.98. The molecule has 0 radical (unpaired) electrons. The zero-order chi connectivity index (χ0) is 17.1. The Morgan fingerprint density at radius 2 is 1.88 bits per heavy atom. The van der Waals surface area contributed by atoms with Gasteiger partial charge in [-0.05, 0) is 51.9 Å². The van der Waals surface area contributed by atoms with Crippen LogP contribution in [0.4, 0.5) is 5.69 Å². The maximum absolute atomic E-state index is 12.5. The second kappa shape index (κ2) is 7.63. The van der Waals surface area contributed by atoms with Gasteiger partial charge in [-0.2, -0.15) is 5.10 Å². The summed E-state index contributed by atoms with van der Waals surface area (Å²) in [5, 5.41) is 17.0. The van der Waals surface area contributed by atoms with Gasteiger partial charge in [0.15, 0.2) is 0 Å². The van der Waals surface area contributed by atoms with Crippen molar-refractivity contribution in [1.82, 2.24) is 25.4 Å². The standard InChI is InChI=1S/C17H24N6OS/c24-16(15-11-25-17(22-15)12-1-5-18-6-2-12)21-13-9-20-23(10-13)14-3-7-19-8-4-14/h9-12,14,18-19H,1-8H2,(H,21,24). The molecule has 0 atom stereocenters. The van der Waals surface area contributed by atoms with Crippen LogP contribution >= 0.6 is 11.3 Å². The van der Waals surface area contributed by atoms with Gasteiger partial charge in [0, 0.05) is 17.5 Å². The number of hydrogen-bond acceptors (Lipinski definition) is 6. The molecule has 7 nitrogen and oxygen atoms in total. The van der Waals surface area contributed by atoms with Gasteiger partial charge in [0.2, 0.25) is 0 Å². The minimum atomic E-state index is -0.152. The minimum absolute atomic E-state index is 0.152. The molecule has 2 aliphatic rings. The maximum atomic E-state index is 12.5. The van der Waals surface area contributed by atoms with E-state index in [0.29, 0.717) is 17.7 Å². The minimum Gasteiger partial charge on any atom is -0.318 e. The molecule has 0 aliphatic carbocycles. The highest BCUT2D eigenvalue weighted by Gasteiger charge is 2.21. The van der Waals surface area contributed by atoms with Gasteiger partial charge >= 0.3 is 0 Å². The zero-order valence-electron chi connectivity index (χ0n) is 14.2. The molecule has 0 saturated carbocycles. The van der Waals surface area contributed by atoms with E-state index in [2.05, 4.69) is 26.0 Å². The summed E-state index contributed by atoms with van der Waals surface area (Å²) in [6.45, 7) is 4.10. The number of nitrogens with zero attached hydrogens (tertiary/aromatic N) is 3. The monoisotopic (exact) mass is 360 g/mol. The van der Waals surface area contributed by atoms with Gasteiger partial charge in [-0.15, -0.1) is 11.3 Å². The molecule has 2 fully saturated rings. The quantitative estimate of drug-likeness (QED) is 0.776. The first-order valence-electron chi connectivity index (χ1n) is 9.02. The van der Waals surface area contributed by atoms with Gasteiger partial charge in [0.1, 0.15) is 5.69 Å². The maximum Gasteiger partial charge on any atom is 0.275 e. The number of carbonyl (C=O) groups excluding carboxylic acids is 1. The number of thiazole rings is 1. The van der Waals surface area contributed by atoms with Gasteiger partial charge in [-0.25, -0.2) is 4.98 Å². The fourth-order valence-corrected chi connectivity index (χ4v) is 4.49. The summed E-state index contributed by atoms with van der Waals surface area (Å²) in [6.07, 6.45) is 7.98. The molecular formula is C17H24N6OS. The molecule has 3 N–H and O–H groups in total. The number of hydrogen-bond donors (Lipinski definition) is 3. The van der Waals surface area contributed by atoms with E-state index in [1.165, 1.54) is 0 Å². The lowest BCUT2D eigenvalue weighted by atomic mass is 9.99. The predicted molar refractivity (Wildman–Crippen MR) is 98.3 cm³/mol. The van der Waals surface area contributed by atoms with E-state index in [9.17, 15) is 4.79 Å². The largest absolute Gasteiger partial charge is 0.318 e. The lowest BCUT2D eigenvalue weighted by Gasteiger charge is -2.22. The molecule has 4 heterocycles. The molecule has 8 heteroatoms. The number of nitrogens with one attached hydrogen (secondary N) is 3. The van der Waals surface area contributed by atoms with E-state index in [-0.39, 0.29) is 5.91 Å². The van der Waals surface area contributed by atoms with E-state index in [1.807, 2.05) is 16.3 Å². The van der Waals surface area contributed by atoms with Crippen LogP contribution in [0.2, 0.25) is 0 Å². The van der Waals surface area contributed by atoms with Gasteiger partial charge in [-0.1, -0.05) is 0 Å². The Morgan fingerprint density at radius 1 is 1.16 bits per heavy atom. The molecule has 0 bridgehead atoms. The van der Waals surface area contributed by atoms with Gasteiger partial charge in [-0.3, -0.25) is 9.48 Å². The lowest BCUT2D eigenvalue weighted by molar-refractivity contribution is 0.102. The van der Waals surface area contributed by atoms with Crippen molar-refractivity contribution < 1.29 is 4.79 Å². The molecule has 2 aromatic rings. The SMILES string of the molecule is O=C(Nc1cnn(C2CCNCC2)c1)c1csc(C2CCNCC2)n1. The van der Waals surface area contributed by atoms with Crippen LogP contribution in [0, 0.1) is 0 Å². The van der Waals surface area contributed by atoms with Crippen molar-refractivity contribution in [3.8, 4) is 0 Å². The third-order valence-electron chi connectivity index (χ3n) is 4.99. The number of rotatable bonds is 4. The van der Waals surface area contributed by atoms with Crippen molar-refractivity contribution in [2.45, 2.75) is 37.6 Å². The van der Waals surface area contributed by atoms with Crippen molar-refractivity contribution >= 4 is 22.9 Å². The first-order valence-corrected chi connectivity index (χ1v) is 9.90. The number of anilines is 1. The number of amides is 1. The summed E-state index contributed by atoms with van der Waals surface area (Å²) in [4.78, 5) is 17.0. The Kier molecular flexibility index (Phi) is 5.09. The molecular weight excluding hydrogens is 336 g/mol. The van der Waals surface area contributed by atoms with Crippen LogP contribution in [0.3, 0.4) is 0 Å². The van der Waals surface area contributed by atoms with Crippen molar-refractivity contribution in [2.75, 3.05) is 31.5 Å². The third-order valence-corrected chi connectivity index (χ3v) is 5.99. The van der Waals surface area contributed by atoms with Crippen LogP contribution in [0.1, 0.15) is 53.1 Å². The van der Waals surface area contributed by atoms with Crippen LogP contribution in [0.25, 0.3) is 0 Å². The number of carbonyl (C=O) groups is 1. The Balaban J connectivity index is 1.38. The lowest BCUT2D eigenvalue weighted by Crippen LogP contribution is -2.29. The first-order chi connectivity index (χ1) is 12.3. The molecule has 2 aliphatic heterocycles. The van der Waals surface area contributed by atoms with E-state index in [1.54, 1.807) is 17.5 Å². The van der Waals surface area contributed by atoms with E-state index >= 15 is 0 Å². The highest BCUT2D eigenvalue weighted by Crippen LogP contribution is 2.28. The summed E-state index contributed by atoms with van der Waals surface area (Å²) < 4.78 is 1.97. The molecule has 4 rings (SSSR count). The third kappa shape index (κ3) is 3.91. The second-order valence-corrected chi connectivity index (χ2v) is 7.63. The topological polar surface area (TPSA) is 83.9 Å². The van der Waals surface area contributed by atoms with Crippen LogP contribution < -0.4 is 16.0 Å². The first kappa shape index (κ1) is 16.7. The molecule has 2 aromatic heterocycles. The Labute approximate surface area is 151 Å². The van der Waals surface area contributed by atoms with Gasteiger partial charge in [0.25, 0.3) is 5.91 Å². The summed E-state index contributed by atoms with van der Waals surface area (Å²) in [7, 11) is 0. The number of piperidine rings is 2. The van der Waals surface area contributed by atoms with E-state index in [0.717, 1.165) is 62.6 Å². The zero-order valence-corrected chi connectivity index (χ0v) is 15.0. The van der Waals surface area contributed by atoms with Crippen molar-refractivity contribution in [3.05, 3.63) is 28.5 Å². The molecule has 2 saturated heterocycles. The van der Waals surface area contributed by atoms with E-state index in [4.69, 9.17) is 0 Å². The molecule has 134 valence electrons. The fraction of sp³-hybridized carbons (Fsp3) is 0.588. The molecule has 25 heavy (non-hydrogen) atoms. The van der Waals surface area contributed by atoms with Crippen molar-refractivity contribution in [1.29, 1.82) is 0 Å². The number of aromatic nitrogens is 3. The molecule has 0 unspecified atom stereocenters. The smallest absolute Gasteiger partial charge is 0.275 e. The van der Waals surface area contributed by atoms with Crippen LogP contribution in [0.5, 0.6) is 0 Å². The van der Waals surface area contributed by atoms with Crippen molar-refractivity contribution in [3.63, 3.8) is 0 Å².